The van der Waals surface area contributed by atoms with Gasteiger partial charge in [-0.3, -0.25) is 0 Å². The van der Waals surface area contributed by atoms with Gasteiger partial charge in [0.1, 0.15) is 17.2 Å². The molecule has 8 heteroatoms. The molecule has 2 N–H and O–H groups in total. The van der Waals surface area contributed by atoms with Gasteiger partial charge in [-0.05, 0) is 13.8 Å². The highest BCUT2D eigenvalue weighted by atomic mass is 32.1. The summed E-state index contributed by atoms with van der Waals surface area (Å²) in [6.45, 7) is 3.79. The van der Waals surface area contributed by atoms with E-state index in [0.717, 1.165) is 11.5 Å². The second-order valence-electron chi connectivity index (χ2n) is 3.20. The minimum Gasteiger partial charge on any atom is -0.462 e. The second kappa shape index (κ2) is 4.50. The Morgan fingerprint density at radius 1 is 1.65 bits per heavy atom. The van der Waals surface area contributed by atoms with Crippen LogP contribution in [0.1, 0.15) is 23.1 Å². The number of nitrogens with two attached hydrogens (primary N) is 1. The highest BCUT2D eigenvalue weighted by Crippen LogP contribution is 2.19. The van der Waals surface area contributed by atoms with Crippen LogP contribution in [0.5, 0.6) is 0 Å². The fourth-order valence-electron chi connectivity index (χ4n) is 1.25. The van der Waals surface area contributed by atoms with Crippen molar-refractivity contribution < 1.29 is 9.53 Å². The van der Waals surface area contributed by atoms with Crippen LogP contribution >= 0.6 is 11.5 Å². The van der Waals surface area contributed by atoms with E-state index in [1.54, 1.807) is 13.8 Å². The number of hydrogen-bond donors (Lipinski definition) is 1. The van der Waals surface area contributed by atoms with Gasteiger partial charge in [-0.15, -0.1) is 0 Å². The molecule has 0 amide bonds. The van der Waals surface area contributed by atoms with Crippen LogP contribution in [-0.2, 0) is 4.74 Å². The zero-order valence-corrected chi connectivity index (χ0v) is 10.2. The zero-order valence-electron chi connectivity index (χ0n) is 9.38. The number of nitrogen functional groups attached to an aromatic ring is 1. The molecule has 0 spiro atoms. The molecule has 2 aromatic rings. The van der Waals surface area contributed by atoms with E-state index in [9.17, 15) is 4.79 Å². The molecule has 0 saturated heterocycles. The number of aryl methyl sites for hydroxylation is 1. The van der Waals surface area contributed by atoms with Crippen LogP contribution in [0.25, 0.3) is 5.13 Å². The summed E-state index contributed by atoms with van der Waals surface area (Å²) >= 11 is 1.16. The summed E-state index contributed by atoms with van der Waals surface area (Å²) in [5, 5.41) is 4.53. The largest absolute Gasteiger partial charge is 0.462 e. The molecular formula is C9H11N5O2S. The SMILES string of the molecule is CCOC(=O)c1cnn(-c2nc(C)ns2)c1N. The maximum atomic E-state index is 11.5. The highest BCUT2D eigenvalue weighted by molar-refractivity contribution is 7.08. The first-order valence-corrected chi connectivity index (χ1v) is 5.72. The minimum absolute atomic E-state index is 0.208. The molecule has 0 saturated carbocycles. The van der Waals surface area contributed by atoms with E-state index in [1.807, 2.05) is 0 Å². The number of hydrogen-bond acceptors (Lipinski definition) is 7. The number of ether oxygens (including phenoxy) is 1. The van der Waals surface area contributed by atoms with Crippen LogP contribution in [0.2, 0.25) is 0 Å². The maximum Gasteiger partial charge on any atom is 0.343 e. The fraction of sp³-hybridized carbons (Fsp3) is 0.333. The lowest BCUT2D eigenvalue weighted by Gasteiger charge is -2.01. The van der Waals surface area contributed by atoms with Gasteiger partial charge in [0.2, 0.25) is 5.13 Å². The van der Waals surface area contributed by atoms with E-state index in [1.165, 1.54) is 10.9 Å². The van der Waals surface area contributed by atoms with Gasteiger partial charge in [0, 0.05) is 11.5 Å². The Labute approximate surface area is 101 Å². The number of esters is 1. The third-order valence-electron chi connectivity index (χ3n) is 2.00. The van der Waals surface area contributed by atoms with Crippen LogP contribution in [-0.4, -0.2) is 31.7 Å². The highest BCUT2D eigenvalue weighted by Gasteiger charge is 2.18. The molecule has 7 nitrogen and oxygen atoms in total. The summed E-state index contributed by atoms with van der Waals surface area (Å²) in [6, 6.07) is 0. The molecule has 0 fully saturated rings. The van der Waals surface area contributed by atoms with Crippen molar-refractivity contribution in [1.82, 2.24) is 19.1 Å². The van der Waals surface area contributed by atoms with E-state index < -0.39 is 5.97 Å². The Kier molecular flexibility index (Phi) is 3.05. The van der Waals surface area contributed by atoms with Crippen LogP contribution in [0.15, 0.2) is 6.20 Å². The van der Waals surface area contributed by atoms with Crippen molar-refractivity contribution in [2.45, 2.75) is 13.8 Å². The molecule has 0 atom stereocenters. The van der Waals surface area contributed by atoms with Crippen molar-refractivity contribution in [1.29, 1.82) is 0 Å². The van der Waals surface area contributed by atoms with Crippen LogP contribution in [0.4, 0.5) is 5.82 Å². The molecule has 2 rings (SSSR count). The van der Waals surface area contributed by atoms with Crippen molar-refractivity contribution in [2.75, 3.05) is 12.3 Å². The van der Waals surface area contributed by atoms with E-state index in [-0.39, 0.29) is 11.4 Å². The average molecular weight is 253 g/mol. The van der Waals surface area contributed by atoms with Crippen molar-refractivity contribution in [3.63, 3.8) is 0 Å². The van der Waals surface area contributed by atoms with Crippen LogP contribution < -0.4 is 5.73 Å². The lowest BCUT2D eigenvalue weighted by molar-refractivity contribution is 0.0527. The molecule has 0 aliphatic rings. The smallest absolute Gasteiger partial charge is 0.343 e. The van der Waals surface area contributed by atoms with Crippen molar-refractivity contribution in [2.24, 2.45) is 0 Å². The zero-order chi connectivity index (χ0) is 12.4. The van der Waals surface area contributed by atoms with Crippen LogP contribution in [0.3, 0.4) is 0 Å². The van der Waals surface area contributed by atoms with Gasteiger partial charge in [0.15, 0.2) is 0 Å². The Morgan fingerprint density at radius 3 is 3.00 bits per heavy atom. The number of carbonyl (C=O) groups is 1. The standard InChI is InChI=1S/C9H11N5O2S/c1-3-16-8(15)6-4-11-14(7(6)10)9-12-5(2)13-17-9/h4H,3,10H2,1-2H3. The summed E-state index contributed by atoms with van der Waals surface area (Å²) in [6.07, 6.45) is 1.37. The van der Waals surface area contributed by atoms with E-state index in [4.69, 9.17) is 10.5 Å². The molecule has 2 heterocycles. The maximum absolute atomic E-state index is 11.5. The predicted octanol–water partition coefficient (Wildman–Crippen LogP) is 0.791. The van der Waals surface area contributed by atoms with Gasteiger partial charge in [-0.2, -0.15) is 14.2 Å². The number of anilines is 1. The van der Waals surface area contributed by atoms with E-state index >= 15 is 0 Å². The van der Waals surface area contributed by atoms with Crippen LogP contribution in [0, 0.1) is 6.92 Å². The normalized spacial score (nSPS) is 10.5. The molecular weight excluding hydrogens is 242 g/mol. The third-order valence-corrected chi connectivity index (χ3v) is 2.78. The van der Waals surface area contributed by atoms with Gasteiger partial charge >= 0.3 is 5.97 Å². The van der Waals surface area contributed by atoms with E-state index in [2.05, 4.69) is 14.5 Å². The Balaban J connectivity index is 2.36. The Morgan fingerprint density at radius 2 is 2.41 bits per heavy atom. The summed E-state index contributed by atoms with van der Waals surface area (Å²) in [5.74, 6) is 0.356. The Hall–Kier alpha value is -1.96. The Bertz CT molecular complexity index is 547. The molecule has 0 aliphatic carbocycles. The third kappa shape index (κ3) is 2.11. The average Bonchev–Trinajstić information content (AvgIpc) is 2.85. The number of nitrogens with zero attached hydrogens (tertiary/aromatic N) is 4. The topological polar surface area (TPSA) is 95.9 Å². The van der Waals surface area contributed by atoms with Gasteiger partial charge in [-0.1, -0.05) is 0 Å². The molecule has 0 bridgehead atoms. The van der Waals surface area contributed by atoms with Crippen molar-refractivity contribution in [3.05, 3.63) is 17.6 Å². The first-order chi connectivity index (χ1) is 8.13. The van der Waals surface area contributed by atoms with E-state index in [0.29, 0.717) is 17.6 Å². The molecule has 0 aliphatic heterocycles. The van der Waals surface area contributed by atoms with Crippen molar-refractivity contribution >= 4 is 23.3 Å². The monoisotopic (exact) mass is 253 g/mol. The van der Waals surface area contributed by atoms with Gasteiger partial charge in [0.25, 0.3) is 0 Å². The molecule has 0 radical (unpaired) electrons. The lowest BCUT2D eigenvalue weighted by atomic mass is 10.3. The number of rotatable bonds is 3. The second-order valence-corrected chi connectivity index (χ2v) is 3.93. The van der Waals surface area contributed by atoms with Gasteiger partial charge < -0.3 is 10.5 Å². The molecule has 90 valence electrons. The quantitative estimate of drug-likeness (QED) is 0.812. The number of aromatic nitrogens is 4. The first kappa shape index (κ1) is 11.5. The molecule has 17 heavy (non-hydrogen) atoms. The van der Waals surface area contributed by atoms with Gasteiger partial charge in [-0.25, -0.2) is 9.78 Å². The first-order valence-electron chi connectivity index (χ1n) is 4.94. The number of carbonyl (C=O) groups excluding carboxylic acids is 1. The molecule has 2 aromatic heterocycles. The lowest BCUT2D eigenvalue weighted by Crippen LogP contribution is -2.08. The minimum atomic E-state index is -0.488. The van der Waals surface area contributed by atoms with Gasteiger partial charge in [0.05, 0.1) is 12.8 Å². The predicted molar refractivity (Wildman–Crippen MR) is 62.1 cm³/mol. The fourth-order valence-corrected chi connectivity index (χ4v) is 1.90. The molecule has 0 aromatic carbocycles. The summed E-state index contributed by atoms with van der Waals surface area (Å²) in [4.78, 5) is 15.7. The molecule has 0 unspecified atom stereocenters. The van der Waals surface area contributed by atoms with Crippen molar-refractivity contribution in [3.8, 4) is 5.13 Å². The summed E-state index contributed by atoms with van der Waals surface area (Å²) in [7, 11) is 0. The summed E-state index contributed by atoms with van der Waals surface area (Å²) in [5.41, 5.74) is 6.05. The summed E-state index contributed by atoms with van der Waals surface area (Å²) < 4.78 is 10.3.